The molecule has 2 aromatic rings. The number of nitrogens with zero attached hydrogens (tertiary/aromatic N) is 6. The number of aryl methyl sites for hydroxylation is 1. The van der Waals surface area contributed by atoms with Crippen molar-refractivity contribution in [2.75, 3.05) is 60.3 Å². The Morgan fingerprint density at radius 1 is 1.09 bits per heavy atom. The van der Waals surface area contributed by atoms with Crippen molar-refractivity contribution in [1.29, 1.82) is 0 Å². The molecule has 8 nitrogen and oxygen atoms in total. The monoisotopic (exact) mass is 463 g/mol. The summed E-state index contributed by atoms with van der Waals surface area (Å²) >= 11 is 0. The number of nitrogens with one attached hydrogen (secondary N) is 1. The van der Waals surface area contributed by atoms with Gasteiger partial charge in [-0.25, -0.2) is 4.98 Å². The van der Waals surface area contributed by atoms with Crippen LogP contribution in [0.4, 0.5) is 28.8 Å². The lowest BCUT2D eigenvalue weighted by Crippen LogP contribution is -2.55. The fourth-order valence-electron chi connectivity index (χ4n) is 5.57. The van der Waals surface area contributed by atoms with Gasteiger partial charge in [-0.3, -0.25) is 4.79 Å². The maximum atomic E-state index is 13.1. The standard InChI is InChI=1S/C26H37N7O/c1-5-22-25(34)31(4)23-17-27-26(29-24(23)33(22)19-8-6-7-9-19)28-21-16-20(11-10-18(21)2)32-14-12-30(3)13-15-32/h10-11,16-17,19,22H,5-9,12-15H2,1-4H3,(H,27,28,29)/t22-/m1/s1. The SMILES string of the molecule is CC[C@@H]1C(=O)N(C)c2cnc(Nc3cc(N4CCN(C)CC4)ccc3C)nc2N1C1CCCC1. The van der Waals surface area contributed by atoms with E-state index in [-0.39, 0.29) is 11.9 Å². The number of anilines is 5. The molecule has 1 amide bonds. The highest BCUT2D eigenvalue weighted by Crippen LogP contribution is 2.40. The number of hydrogen-bond donors (Lipinski definition) is 1. The summed E-state index contributed by atoms with van der Waals surface area (Å²) in [6.07, 6.45) is 7.24. The van der Waals surface area contributed by atoms with Gasteiger partial charge in [-0.05, 0) is 50.9 Å². The molecule has 1 saturated heterocycles. The maximum Gasteiger partial charge on any atom is 0.249 e. The summed E-state index contributed by atoms with van der Waals surface area (Å²) in [5.74, 6) is 1.60. The van der Waals surface area contributed by atoms with Gasteiger partial charge in [-0.1, -0.05) is 25.8 Å². The second kappa shape index (κ2) is 9.41. The van der Waals surface area contributed by atoms with Gasteiger partial charge in [0, 0.05) is 50.6 Å². The van der Waals surface area contributed by atoms with Gasteiger partial charge in [0.1, 0.15) is 11.7 Å². The van der Waals surface area contributed by atoms with Crippen LogP contribution in [-0.2, 0) is 4.79 Å². The molecule has 0 bridgehead atoms. The molecule has 1 atom stereocenters. The largest absolute Gasteiger partial charge is 0.369 e. The lowest BCUT2D eigenvalue weighted by atomic mass is 10.0. The van der Waals surface area contributed by atoms with Crippen molar-refractivity contribution in [3.63, 3.8) is 0 Å². The van der Waals surface area contributed by atoms with Crippen molar-refractivity contribution >= 4 is 34.7 Å². The van der Waals surface area contributed by atoms with Crippen LogP contribution in [0.2, 0.25) is 0 Å². The minimum absolute atomic E-state index is 0.141. The average molecular weight is 464 g/mol. The summed E-state index contributed by atoms with van der Waals surface area (Å²) in [5.41, 5.74) is 4.21. The maximum absolute atomic E-state index is 13.1. The van der Waals surface area contributed by atoms with Gasteiger partial charge in [-0.15, -0.1) is 0 Å². The molecule has 3 aliphatic rings. The molecule has 2 aliphatic heterocycles. The van der Waals surface area contributed by atoms with Gasteiger partial charge in [0.05, 0.1) is 6.20 Å². The minimum Gasteiger partial charge on any atom is -0.369 e. The van der Waals surface area contributed by atoms with E-state index < -0.39 is 0 Å². The van der Waals surface area contributed by atoms with Crippen LogP contribution in [0, 0.1) is 6.92 Å². The first-order chi connectivity index (χ1) is 16.5. The molecule has 182 valence electrons. The second-order valence-electron chi connectivity index (χ2n) is 9.98. The first-order valence-corrected chi connectivity index (χ1v) is 12.7. The summed E-state index contributed by atoms with van der Waals surface area (Å²) in [4.78, 5) is 31.6. The molecule has 0 radical (unpaired) electrons. The van der Waals surface area contributed by atoms with Crippen molar-refractivity contribution in [3.8, 4) is 0 Å². The summed E-state index contributed by atoms with van der Waals surface area (Å²) < 4.78 is 0. The van der Waals surface area contributed by atoms with Crippen molar-refractivity contribution in [2.24, 2.45) is 0 Å². The zero-order valence-electron chi connectivity index (χ0n) is 20.9. The molecule has 0 spiro atoms. The molecular weight excluding hydrogens is 426 g/mol. The summed E-state index contributed by atoms with van der Waals surface area (Å²) in [6.45, 7) is 8.42. The van der Waals surface area contributed by atoms with Gasteiger partial charge in [0.15, 0.2) is 5.82 Å². The lowest BCUT2D eigenvalue weighted by molar-refractivity contribution is -0.120. The Hall–Kier alpha value is -2.87. The van der Waals surface area contributed by atoms with Crippen LogP contribution in [0.25, 0.3) is 0 Å². The zero-order valence-corrected chi connectivity index (χ0v) is 20.9. The second-order valence-corrected chi connectivity index (χ2v) is 9.98. The molecule has 0 unspecified atom stereocenters. The number of aromatic nitrogens is 2. The van der Waals surface area contributed by atoms with Crippen LogP contribution in [0.5, 0.6) is 0 Å². The van der Waals surface area contributed by atoms with E-state index in [1.165, 1.54) is 18.5 Å². The van der Waals surface area contributed by atoms with E-state index >= 15 is 0 Å². The molecule has 34 heavy (non-hydrogen) atoms. The normalized spacial score (nSPS) is 21.8. The number of likely N-dealkylation sites (N-methyl/N-ethyl adjacent to an activating group) is 2. The van der Waals surface area contributed by atoms with Crippen molar-refractivity contribution in [3.05, 3.63) is 30.0 Å². The molecule has 1 aliphatic carbocycles. The topological polar surface area (TPSA) is 67.8 Å². The molecule has 1 aromatic heterocycles. The van der Waals surface area contributed by atoms with Gasteiger partial charge in [-0.2, -0.15) is 4.98 Å². The average Bonchev–Trinajstić information content (AvgIpc) is 3.37. The minimum atomic E-state index is -0.161. The van der Waals surface area contributed by atoms with Crippen LogP contribution in [-0.4, -0.2) is 73.1 Å². The lowest BCUT2D eigenvalue weighted by Gasteiger charge is -2.43. The van der Waals surface area contributed by atoms with E-state index in [0.29, 0.717) is 12.0 Å². The first kappa shape index (κ1) is 22.9. The Bertz CT molecular complexity index is 1040. The van der Waals surface area contributed by atoms with Gasteiger partial charge < -0.3 is 24.9 Å². The summed E-state index contributed by atoms with van der Waals surface area (Å²) in [5, 5.41) is 3.49. The molecule has 5 rings (SSSR count). The number of benzene rings is 1. The first-order valence-electron chi connectivity index (χ1n) is 12.7. The molecule has 1 N–H and O–H groups in total. The van der Waals surface area contributed by atoms with E-state index in [4.69, 9.17) is 4.98 Å². The van der Waals surface area contributed by atoms with Crippen molar-refractivity contribution in [1.82, 2.24) is 14.9 Å². The number of amides is 1. The number of fused-ring (bicyclic) bond motifs is 1. The Balaban J connectivity index is 1.46. The number of piperazine rings is 1. The Morgan fingerprint density at radius 2 is 1.82 bits per heavy atom. The molecular formula is C26H37N7O. The smallest absolute Gasteiger partial charge is 0.249 e. The van der Waals surface area contributed by atoms with Crippen LogP contribution < -0.4 is 20.0 Å². The van der Waals surface area contributed by atoms with Gasteiger partial charge >= 0.3 is 0 Å². The fourth-order valence-corrected chi connectivity index (χ4v) is 5.57. The molecule has 3 heterocycles. The van der Waals surface area contributed by atoms with E-state index in [1.54, 1.807) is 11.1 Å². The quantitative estimate of drug-likeness (QED) is 0.724. The van der Waals surface area contributed by atoms with Crippen LogP contribution in [0.3, 0.4) is 0 Å². The molecule has 1 saturated carbocycles. The Kier molecular flexibility index (Phi) is 6.34. The predicted octanol–water partition coefficient (Wildman–Crippen LogP) is 3.78. The van der Waals surface area contributed by atoms with Crippen LogP contribution >= 0.6 is 0 Å². The highest BCUT2D eigenvalue weighted by atomic mass is 16.2. The third kappa shape index (κ3) is 4.19. The van der Waals surface area contributed by atoms with Crippen molar-refractivity contribution < 1.29 is 4.79 Å². The van der Waals surface area contributed by atoms with E-state index in [9.17, 15) is 4.79 Å². The Morgan fingerprint density at radius 3 is 2.53 bits per heavy atom. The highest BCUT2D eigenvalue weighted by molar-refractivity contribution is 6.04. The zero-order chi connectivity index (χ0) is 23.8. The fraction of sp³-hybridized carbons (Fsp3) is 0.577. The third-order valence-corrected chi connectivity index (χ3v) is 7.75. The molecule has 8 heteroatoms. The van der Waals surface area contributed by atoms with Crippen LogP contribution in [0.1, 0.15) is 44.6 Å². The third-order valence-electron chi connectivity index (χ3n) is 7.75. The molecule has 2 fully saturated rings. The number of hydrogen-bond acceptors (Lipinski definition) is 7. The van der Waals surface area contributed by atoms with E-state index in [0.717, 1.165) is 68.2 Å². The highest BCUT2D eigenvalue weighted by Gasteiger charge is 2.41. The summed E-state index contributed by atoms with van der Waals surface area (Å²) in [6, 6.07) is 6.78. The number of carbonyl (C=O) groups excluding carboxylic acids is 1. The van der Waals surface area contributed by atoms with Crippen molar-refractivity contribution in [2.45, 2.75) is 58.0 Å². The van der Waals surface area contributed by atoms with E-state index in [1.807, 2.05) is 7.05 Å². The predicted molar refractivity (Wildman–Crippen MR) is 138 cm³/mol. The van der Waals surface area contributed by atoms with Crippen LogP contribution in [0.15, 0.2) is 24.4 Å². The molecule has 1 aromatic carbocycles. The van der Waals surface area contributed by atoms with Gasteiger partial charge in [0.25, 0.3) is 0 Å². The number of rotatable bonds is 5. The van der Waals surface area contributed by atoms with E-state index in [2.05, 4.69) is 64.1 Å². The van der Waals surface area contributed by atoms with Gasteiger partial charge in [0.2, 0.25) is 11.9 Å². The number of carbonyl (C=O) groups is 1. The summed E-state index contributed by atoms with van der Waals surface area (Å²) in [7, 11) is 4.02. The Labute approximate surface area is 203 Å².